The van der Waals surface area contributed by atoms with Gasteiger partial charge in [0.1, 0.15) is 10.7 Å². The Kier molecular flexibility index (Phi) is 2.85. The van der Waals surface area contributed by atoms with Crippen LogP contribution < -0.4 is 0 Å². The Labute approximate surface area is 102 Å². The highest BCUT2D eigenvalue weighted by atomic mass is 32.5. The van der Waals surface area contributed by atoms with Gasteiger partial charge in [0.05, 0.1) is 0 Å². The van der Waals surface area contributed by atoms with Crippen LogP contribution >= 0.6 is 10.2 Å². The summed E-state index contributed by atoms with van der Waals surface area (Å²) >= 11 is 0. The lowest BCUT2D eigenvalue weighted by Crippen LogP contribution is -2.12. The summed E-state index contributed by atoms with van der Waals surface area (Å²) in [5.41, 5.74) is -0.356. The van der Waals surface area contributed by atoms with Gasteiger partial charge in [-0.25, -0.2) is 4.39 Å². The standard InChI is InChI=1S/C11H14F6S/c1-11(2,3)7-8-4-5-9(6-10(8)12)18(13,14,15,16)17/h4-6H,7H2,1-3H3. The van der Waals surface area contributed by atoms with Crippen LogP contribution in [0.15, 0.2) is 23.1 Å². The van der Waals surface area contributed by atoms with Crippen molar-refractivity contribution in [3.63, 3.8) is 0 Å². The molecule has 0 saturated carbocycles. The predicted octanol–water partition coefficient (Wildman–Crippen LogP) is 6.07. The highest BCUT2D eigenvalue weighted by Gasteiger charge is 2.65. The summed E-state index contributed by atoms with van der Waals surface area (Å²) in [7, 11) is -9.79. The van der Waals surface area contributed by atoms with E-state index in [0.29, 0.717) is 0 Å². The van der Waals surface area contributed by atoms with Crippen molar-refractivity contribution in [2.45, 2.75) is 32.1 Å². The fraction of sp³-hybridized carbons (Fsp3) is 0.455. The van der Waals surface area contributed by atoms with Crippen molar-refractivity contribution < 1.29 is 23.8 Å². The molecule has 0 radical (unpaired) electrons. The van der Waals surface area contributed by atoms with Crippen LogP contribution in [0.3, 0.4) is 0 Å². The monoisotopic (exact) mass is 292 g/mol. The van der Waals surface area contributed by atoms with Gasteiger partial charge in [-0.1, -0.05) is 46.3 Å². The summed E-state index contributed by atoms with van der Waals surface area (Å²) in [6.45, 7) is 5.31. The molecule has 1 aromatic carbocycles. The zero-order valence-electron chi connectivity index (χ0n) is 10.1. The number of benzene rings is 1. The highest BCUT2D eigenvalue weighted by molar-refractivity contribution is 8.45. The van der Waals surface area contributed by atoms with Crippen molar-refractivity contribution in [3.8, 4) is 0 Å². The van der Waals surface area contributed by atoms with Gasteiger partial charge in [0, 0.05) is 0 Å². The van der Waals surface area contributed by atoms with Crippen LogP contribution in [0, 0.1) is 11.2 Å². The van der Waals surface area contributed by atoms with Crippen LogP contribution in [-0.2, 0) is 6.42 Å². The lowest BCUT2D eigenvalue weighted by atomic mass is 9.88. The van der Waals surface area contributed by atoms with Crippen LogP contribution in [0.2, 0.25) is 0 Å². The van der Waals surface area contributed by atoms with E-state index >= 15 is 0 Å². The Bertz CT molecular complexity index is 468. The highest BCUT2D eigenvalue weighted by Crippen LogP contribution is 3.02. The quantitative estimate of drug-likeness (QED) is 0.580. The van der Waals surface area contributed by atoms with E-state index in [0.717, 1.165) is 6.07 Å². The first-order valence-corrected chi connectivity index (χ1v) is 7.06. The third kappa shape index (κ3) is 4.12. The van der Waals surface area contributed by atoms with Gasteiger partial charge in [-0.05, 0) is 29.5 Å². The second-order valence-electron chi connectivity index (χ2n) is 5.46. The van der Waals surface area contributed by atoms with Crippen LogP contribution in [0.25, 0.3) is 0 Å². The van der Waals surface area contributed by atoms with Gasteiger partial charge >= 0.3 is 10.2 Å². The molecule has 106 valence electrons. The maximum absolute atomic E-state index is 13.4. The van der Waals surface area contributed by atoms with E-state index < -0.39 is 20.9 Å². The summed E-state index contributed by atoms with van der Waals surface area (Å²) in [4.78, 5) is -2.19. The molecule has 0 heterocycles. The molecular formula is C11H14F6S. The number of hydrogen-bond donors (Lipinski definition) is 0. The largest absolute Gasteiger partial charge is 0.310 e. The third-order valence-electron chi connectivity index (χ3n) is 2.19. The second kappa shape index (κ2) is 3.37. The fourth-order valence-corrected chi connectivity index (χ4v) is 2.13. The van der Waals surface area contributed by atoms with Crippen molar-refractivity contribution in [2.24, 2.45) is 5.41 Å². The third-order valence-corrected chi connectivity index (χ3v) is 3.34. The average molecular weight is 292 g/mol. The summed E-state index contributed by atoms with van der Waals surface area (Å²) in [6, 6.07) is 0.891. The number of halogens is 6. The first kappa shape index (κ1) is 15.2. The molecule has 0 saturated heterocycles. The molecule has 0 aliphatic carbocycles. The van der Waals surface area contributed by atoms with Gasteiger partial charge in [-0.2, -0.15) is 0 Å². The van der Waals surface area contributed by atoms with Gasteiger partial charge in [-0.3, -0.25) is 0 Å². The van der Waals surface area contributed by atoms with Gasteiger partial charge in [0.25, 0.3) is 0 Å². The van der Waals surface area contributed by atoms with Crippen molar-refractivity contribution >= 4 is 10.2 Å². The summed E-state index contributed by atoms with van der Waals surface area (Å²) in [5, 5.41) is 0. The topological polar surface area (TPSA) is 0 Å². The Morgan fingerprint density at radius 2 is 1.50 bits per heavy atom. The molecule has 0 aromatic heterocycles. The number of rotatable bonds is 2. The fourth-order valence-electron chi connectivity index (χ4n) is 1.48. The van der Waals surface area contributed by atoms with E-state index in [2.05, 4.69) is 0 Å². The zero-order chi connectivity index (χ0) is 14.5. The summed E-state index contributed by atoms with van der Waals surface area (Å²) in [6.07, 6.45) is 0.166. The average Bonchev–Trinajstić information content (AvgIpc) is 2.01. The van der Waals surface area contributed by atoms with E-state index in [1.165, 1.54) is 0 Å². The van der Waals surface area contributed by atoms with Crippen LogP contribution in [0.1, 0.15) is 26.3 Å². The molecule has 1 aromatic rings. The first-order valence-electron chi connectivity index (χ1n) is 5.11. The molecule has 0 spiro atoms. The molecule has 0 aliphatic heterocycles. The first-order chi connectivity index (χ1) is 7.58. The van der Waals surface area contributed by atoms with E-state index in [1.54, 1.807) is 20.8 Å². The number of hydrogen-bond acceptors (Lipinski definition) is 0. The maximum Gasteiger partial charge on any atom is 0.310 e. The molecule has 0 aliphatic rings. The lowest BCUT2D eigenvalue weighted by Gasteiger charge is -2.40. The zero-order valence-corrected chi connectivity index (χ0v) is 10.9. The minimum atomic E-state index is -9.79. The maximum atomic E-state index is 13.4. The molecule has 0 amide bonds. The minimum Gasteiger partial charge on any atom is -0.207 e. The Balaban J connectivity index is 3.25. The smallest absolute Gasteiger partial charge is 0.207 e. The Hall–Kier alpha value is -0.850. The van der Waals surface area contributed by atoms with E-state index in [4.69, 9.17) is 0 Å². The van der Waals surface area contributed by atoms with E-state index in [1.807, 2.05) is 0 Å². The van der Waals surface area contributed by atoms with E-state index in [9.17, 15) is 23.8 Å². The molecule has 0 atom stereocenters. The minimum absolute atomic E-state index is 0.00639. The lowest BCUT2D eigenvalue weighted by molar-refractivity contribution is 0.362. The van der Waals surface area contributed by atoms with Crippen LogP contribution in [-0.4, -0.2) is 0 Å². The second-order valence-corrected chi connectivity index (χ2v) is 7.87. The molecule has 7 heteroatoms. The van der Waals surface area contributed by atoms with Crippen molar-refractivity contribution in [1.29, 1.82) is 0 Å². The van der Waals surface area contributed by atoms with Crippen LogP contribution in [0.5, 0.6) is 0 Å². The normalized spacial score (nSPS) is 17.2. The molecular weight excluding hydrogens is 278 g/mol. The molecule has 0 bridgehead atoms. The van der Waals surface area contributed by atoms with Crippen molar-refractivity contribution in [3.05, 3.63) is 29.6 Å². The van der Waals surface area contributed by atoms with E-state index in [-0.39, 0.29) is 29.5 Å². The molecule has 0 fully saturated rings. The molecule has 0 N–H and O–H groups in total. The van der Waals surface area contributed by atoms with Crippen molar-refractivity contribution in [2.75, 3.05) is 0 Å². The summed E-state index contributed by atoms with van der Waals surface area (Å²) < 4.78 is 75.6. The molecule has 18 heavy (non-hydrogen) atoms. The molecule has 0 nitrogen and oxygen atoms in total. The van der Waals surface area contributed by atoms with Gasteiger partial charge < -0.3 is 0 Å². The Morgan fingerprint density at radius 1 is 1.00 bits per heavy atom. The van der Waals surface area contributed by atoms with Crippen molar-refractivity contribution in [1.82, 2.24) is 0 Å². The van der Waals surface area contributed by atoms with Crippen LogP contribution in [0.4, 0.5) is 23.8 Å². The van der Waals surface area contributed by atoms with Gasteiger partial charge in [0.2, 0.25) is 0 Å². The molecule has 1 rings (SSSR count). The predicted molar refractivity (Wildman–Crippen MR) is 61.0 cm³/mol. The van der Waals surface area contributed by atoms with Gasteiger partial charge in [-0.15, -0.1) is 0 Å². The molecule has 0 unspecified atom stereocenters. The SMILES string of the molecule is CC(C)(C)Cc1ccc(S(F)(F)(F)(F)F)cc1F. The van der Waals surface area contributed by atoms with Gasteiger partial charge in [0.15, 0.2) is 0 Å². The Morgan fingerprint density at radius 3 is 1.83 bits per heavy atom. The summed E-state index contributed by atoms with van der Waals surface area (Å²) in [5.74, 6) is -1.25.